The molecule has 4 rings (SSSR count). The van der Waals surface area contributed by atoms with Crippen molar-refractivity contribution in [2.24, 2.45) is 0 Å². The summed E-state index contributed by atoms with van der Waals surface area (Å²) in [6.45, 7) is 6.62. The van der Waals surface area contributed by atoms with E-state index < -0.39 is 22.8 Å². The van der Waals surface area contributed by atoms with Crippen LogP contribution in [-0.4, -0.2) is 29.6 Å². The van der Waals surface area contributed by atoms with Crippen LogP contribution >= 0.6 is 11.6 Å². The van der Waals surface area contributed by atoms with Gasteiger partial charge < -0.3 is 9.84 Å². The number of halogens is 3. The number of aryl methyl sites for hydroxylation is 2. The zero-order chi connectivity index (χ0) is 27.6. The van der Waals surface area contributed by atoms with Gasteiger partial charge in [0.2, 0.25) is 0 Å². The third kappa shape index (κ3) is 5.71. The SMILES string of the molecule is CCCc1cc(OCc2ncc(F)cc2F)c(Cl)c(=O)n1-c1cc(-c2ccnc(C(C)(C)O)n2)ncc1C. The van der Waals surface area contributed by atoms with Crippen molar-refractivity contribution in [3.05, 3.63) is 92.6 Å². The van der Waals surface area contributed by atoms with Crippen molar-refractivity contribution in [2.75, 3.05) is 0 Å². The van der Waals surface area contributed by atoms with E-state index in [9.17, 15) is 18.7 Å². The van der Waals surface area contributed by atoms with Crippen LogP contribution < -0.4 is 10.3 Å². The summed E-state index contributed by atoms with van der Waals surface area (Å²) in [5, 5.41) is 10.1. The van der Waals surface area contributed by atoms with Gasteiger partial charge in [0.05, 0.1) is 23.3 Å². The van der Waals surface area contributed by atoms with E-state index >= 15 is 0 Å². The van der Waals surface area contributed by atoms with Crippen molar-refractivity contribution in [2.45, 2.75) is 52.7 Å². The van der Waals surface area contributed by atoms with Gasteiger partial charge in [-0.3, -0.25) is 19.3 Å². The molecule has 1 N–H and O–H groups in total. The number of rotatable bonds is 8. The predicted molar refractivity (Wildman–Crippen MR) is 138 cm³/mol. The quantitative estimate of drug-likeness (QED) is 0.331. The fourth-order valence-corrected chi connectivity index (χ4v) is 4.00. The smallest absolute Gasteiger partial charge is 0.277 e. The van der Waals surface area contributed by atoms with Gasteiger partial charge in [-0.1, -0.05) is 24.9 Å². The highest BCUT2D eigenvalue weighted by molar-refractivity contribution is 6.31. The first-order valence-electron chi connectivity index (χ1n) is 11.9. The van der Waals surface area contributed by atoms with Crippen LogP contribution in [0.3, 0.4) is 0 Å². The van der Waals surface area contributed by atoms with E-state index in [-0.39, 0.29) is 28.9 Å². The van der Waals surface area contributed by atoms with Crippen LogP contribution in [0.15, 0.2) is 47.7 Å². The predicted octanol–water partition coefficient (Wildman–Crippen LogP) is 5.08. The van der Waals surface area contributed by atoms with Crippen molar-refractivity contribution in [3.63, 3.8) is 0 Å². The number of nitrogens with zero attached hydrogens (tertiary/aromatic N) is 5. The van der Waals surface area contributed by atoms with Crippen LogP contribution in [-0.2, 0) is 18.6 Å². The second-order valence-electron chi connectivity index (χ2n) is 9.26. The van der Waals surface area contributed by atoms with Gasteiger partial charge in [0.15, 0.2) is 11.6 Å². The first-order chi connectivity index (χ1) is 18.0. The molecule has 0 aliphatic heterocycles. The third-order valence-corrected chi connectivity index (χ3v) is 6.08. The summed E-state index contributed by atoms with van der Waals surface area (Å²) in [5.41, 5.74) is 0.938. The normalized spacial score (nSPS) is 11.6. The average Bonchev–Trinajstić information content (AvgIpc) is 2.87. The summed E-state index contributed by atoms with van der Waals surface area (Å²) in [5.74, 6) is -1.36. The van der Waals surface area contributed by atoms with E-state index in [0.717, 1.165) is 6.20 Å². The Balaban J connectivity index is 1.78. The van der Waals surface area contributed by atoms with Gasteiger partial charge in [-0.15, -0.1) is 0 Å². The molecule has 4 aromatic heterocycles. The number of ether oxygens (including phenoxy) is 1. The van der Waals surface area contributed by atoms with Crippen LogP contribution in [0.1, 0.15) is 50.0 Å². The van der Waals surface area contributed by atoms with Gasteiger partial charge in [0.25, 0.3) is 5.56 Å². The molecule has 11 heteroatoms. The Kier molecular flexibility index (Phi) is 7.84. The molecule has 4 aromatic rings. The molecule has 0 aliphatic carbocycles. The Hall–Kier alpha value is -3.76. The van der Waals surface area contributed by atoms with E-state index in [1.54, 1.807) is 38.2 Å². The fourth-order valence-electron chi connectivity index (χ4n) is 3.81. The van der Waals surface area contributed by atoms with Gasteiger partial charge in [-0.25, -0.2) is 18.7 Å². The van der Waals surface area contributed by atoms with Gasteiger partial charge in [0, 0.05) is 30.2 Å². The summed E-state index contributed by atoms with van der Waals surface area (Å²) in [7, 11) is 0. The standard InChI is InChI=1S/C27H26ClF2N5O3/c1-5-6-17-10-23(38-14-21-18(30)9-16(29)13-33-21)24(28)25(36)35(17)22-11-20(32-12-15(22)2)19-7-8-31-26(34-19)27(3,4)37/h7-13,37H,5-6,14H2,1-4H3. The van der Waals surface area contributed by atoms with Crippen molar-refractivity contribution in [1.82, 2.24) is 24.5 Å². The molecule has 4 heterocycles. The Morgan fingerprint density at radius 1 is 1.11 bits per heavy atom. The van der Waals surface area contributed by atoms with Gasteiger partial charge in [0.1, 0.15) is 34.5 Å². The van der Waals surface area contributed by atoms with Crippen molar-refractivity contribution in [3.8, 4) is 22.8 Å². The fraction of sp³-hybridized carbons (Fsp3) is 0.296. The monoisotopic (exact) mass is 541 g/mol. The maximum absolute atomic E-state index is 14.0. The highest BCUT2D eigenvalue weighted by Crippen LogP contribution is 2.28. The molecule has 0 bridgehead atoms. The topological polar surface area (TPSA) is 103 Å². The van der Waals surface area contributed by atoms with E-state index in [1.165, 1.54) is 10.8 Å². The molecule has 0 saturated carbocycles. The van der Waals surface area contributed by atoms with Crippen molar-refractivity contribution < 1.29 is 18.6 Å². The van der Waals surface area contributed by atoms with Crippen LogP contribution in [0, 0.1) is 18.6 Å². The number of hydrogen-bond acceptors (Lipinski definition) is 7. The van der Waals surface area contributed by atoms with Crippen LogP contribution in [0.4, 0.5) is 8.78 Å². The summed E-state index contributed by atoms with van der Waals surface area (Å²) >= 11 is 6.44. The zero-order valence-corrected chi connectivity index (χ0v) is 22.1. The second kappa shape index (κ2) is 10.9. The molecule has 0 amide bonds. The molecule has 8 nitrogen and oxygen atoms in total. The minimum Gasteiger partial charge on any atom is -0.485 e. The highest BCUT2D eigenvalue weighted by atomic mass is 35.5. The third-order valence-electron chi connectivity index (χ3n) is 5.73. The lowest BCUT2D eigenvalue weighted by Crippen LogP contribution is -2.24. The first-order valence-corrected chi connectivity index (χ1v) is 12.3. The Bertz CT molecular complexity index is 1550. The molecule has 0 spiro atoms. The van der Waals surface area contributed by atoms with Gasteiger partial charge in [-0.05, 0) is 44.9 Å². The maximum atomic E-state index is 14.0. The molecule has 0 saturated heterocycles. The second-order valence-corrected chi connectivity index (χ2v) is 9.63. The molecule has 0 unspecified atom stereocenters. The minimum absolute atomic E-state index is 0.0689. The van der Waals surface area contributed by atoms with Crippen LogP contribution in [0.25, 0.3) is 17.1 Å². The van der Waals surface area contributed by atoms with Crippen LogP contribution in [0.5, 0.6) is 5.75 Å². The summed E-state index contributed by atoms with van der Waals surface area (Å²) in [6, 6.07) is 5.73. The van der Waals surface area contributed by atoms with Crippen molar-refractivity contribution in [1.29, 1.82) is 0 Å². The van der Waals surface area contributed by atoms with E-state index in [4.69, 9.17) is 16.3 Å². The lowest BCUT2D eigenvalue weighted by Gasteiger charge is -2.19. The Morgan fingerprint density at radius 3 is 2.55 bits per heavy atom. The molecule has 0 radical (unpaired) electrons. The largest absolute Gasteiger partial charge is 0.485 e. The average molecular weight is 542 g/mol. The Morgan fingerprint density at radius 2 is 1.87 bits per heavy atom. The molecule has 0 aliphatic rings. The molecule has 198 valence electrons. The van der Waals surface area contributed by atoms with E-state index in [0.29, 0.717) is 47.2 Å². The van der Waals surface area contributed by atoms with Gasteiger partial charge in [-0.2, -0.15) is 0 Å². The molecule has 0 aromatic carbocycles. The molecule has 0 fully saturated rings. The molecular formula is C27H26ClF2N5O3. The minimum atomic E-state index is -1.25. The molecular weight excluding hydrogens is 516 g/mol. The highest BCUT2D eigenvalue weighted by Gasteiger charge is 2.22. The lowest BCUT2D eigenvalue weighted by atomic mass is 10.1. The first kappa shape index (κ1) is 27.3. The van der Waals surface area contributed by atoms with E-state index in [1.807, 2.05) is 13.8 Å². The van der Waals surface area contributed by atoms with Crippen LogP contribution in [0.2, 0.25) is 5.02 Å². The molecule has 0 atom stereocenters. The van der Waals surface area contributed by atoms with Gasteiger partial charge >= 0.3 is 0 Å². The lowest BCUT2D eigenvalue weighted by molar-refractivity contribution is 0.0688. The molecule has 38 heavy (non-hydrogen) atoms. The number of aromatic nitrogens is 5. The summed E-state index contributed by atoms with van der Waals surface area (Å²) < 4.78 is 34.3. The maximum Gasteiger partial charge on any atom is 0.277 e. The van der Waals surface area contributed by atoms with Crippen molar-refractivity contribution >= 4 is 11.6 Å². The van der Waals surface area contributed by atoms with E-state index in [2.05, 4.69) is 19.9 Å². The summed E-state index contributed by atoms with van der Waals surface area (Å²) in [4.78, 5) is 30.3. The zero-order valence-electron chi connectivity index (χ0n) is 21.3. The number of aliphatic hydroxyl groups is 1. The number of pyridine rings is 3. The summed E-state index contributed by atoms with van der Waals surface area (Å²) in [6.07, 6.45) is 5.27. The number of hydrogen-bond donors (Lipinski definition) is 1. The Labute approximate surface area is 223 Å².